The van der Waals surface area contributed by atoms with Crippen LogP contribution in [0, 0.1) is 5.92 Å². The lowest BCUT2D eigenvalue weighted by atomic mass is 10.0. The molecule has 0 aromatic heterocycles. The zero-order valence-corrected chi connectivity index (χ0v) is 11.9. The Kier molecular flexibility index (Phi) is 7.56. The molecule has 0 bridgehead atoms. The van der Waals surface area contributed by atoms with Crippen LogP contribution in [-0.2, 0) is 4.74 Å². The van der Waals surface area contributed by atoms with Crippen molar-refractivity contribution in [3.05, 3.63) is 35.9 Å². The second-order valence-corrected chi connectivity index (χ2v) is 4.58. The zero-order valence-electron chi connectivity index (χ0n) is 11.1. The molecule has 106 valence electrons. The van der Waals surface area contributed by atoms with Gasteiger partial charge in [0.1, 0.15) is 5.75 Å². The number of ether oxygens (including phenoxy) is 2. The Hall–Kier alpha value is -1.03. The van der Waals surface area contributed by atoms with E-state index in [1.807, 2.05) is 36.4 Å². The van der Waals surface area contributed by atoms with Gasteiger partial charge in [-0.15, -0.1) is 12.4 Å². The predicted octanol–water partition coefficient (Wildman–Crippen LogP) is 2.89. The average Bonchev–Trinajstić information content (AvgIpc) is 2.44. The van der Waals surface area contributed by atoms with Crippen molar-refractivity contribution in [3.63, 3.8) is 0 Å². The van der Waals surface area contributed by atoms with Crippen LogP contribution >= 0.6 is 12.4 Å². The summed E-state index contributed by atoms with van der Waals surface area (Å²) >= 11 is 0. The first-order valence-corrected chi connectivity index (χ1v) is 6.55. The van der Waals surface area contributed by atoms with E-state index < -0.39 is 0 Å². The van der Waals surface area contributed by atoms with E-state index >= 15 is 0 Å². The van der Waals surface area contributed by atoms with Crippen molar-refractivity contribution in [1.29, 1.82) is 0 Å². The van der Waals surface area contributed by atoms with Crippen LogP contribution in [0.2, 0.25) is 0 Å². The van der Waals surface area contributed by atoms with Crippen LogP contribution in [0.5, 0.6) is 5.75 Å². The predicted molar refractivity (Wildman–Crippen MR) is 80.8 cm³/mol. The molecule has 1 aromatic carbocycles. The first-order valence-electron chi connectivity index (χ1n) is 6.55. The van der Waals surface area contributed by atoms with Gasteiger partial charge in [-0.25, -0.2) is 0 Å². The van der Waals surface area contributed by atoms with E-state index in [0.717, 1.165) is 44.0 Å². The van der Waals surface area contributed by atoms with Gasteiger partial charge < -0.3 is 15.2 Å². The Morgan fingerprint density at radius 2 is 2.11 bits per heavy atom. The molecule has 0 amide bonds. The topological polar surface area (TPSA) is 44.5 Å². The highest BCUT2D eigenvalue weighted by Gasteiger charge is 2.14. The number of rotatable bonds is 5. The van der Waals surface area contributed by atoms with E-state index in [4.69, 9.17) is 15.2 Å². The van der Waals surface area contributed by atoms with Crippen molar-refractivity contribution in [2.45, 2.75) is 12.8 Å². The lowest BCUT2D eigenvalue weighted by Crippen LogP contribution is -2.21. The standard InChI is InChI=1S/C15H21NO2.ClH/c16-8-2-4-13-3-1-5-15(11-13)18-12-14-6-9-17-10-7-14;/h1-5,11,14H,6-10,12,16H2;1H. The van der Waals surface area contributed by atoms with E-state index in [0.29, 0.717) is 12.5 Å². The monoisotopic (exact) mass is 283 g/mol. The molecule has 2 N–H and O–H groups in total. The number of nitrogens with two attached hydrogens (primary N) is 1. The molecule has 19 heavy (non-hydrogen) atoms. The SMILES string of the molecule is Cl.NCC=Cc1cccc(OCC2CCOCC2)c1. The van der Waals surface area contributed by atoms with Crippen molar-refractivity contribution >= 4 is 18.5 Å². The first kappa shape index (κ1) is 16.0. The van der Waals surface area contributed by atoms with Gasteiger partial charge in [0.15, 0.2) is 0 Å². The summed E-state index contributed by atoms with van der Waals surface area (Å²) in [6.45, 7) is 3.08. The first-order chi connectivity index (χ1) is 8.88. The average molecular weight is 284 g/mol. The molecule has 0 unspecified atom stereocenters. The third kappa shape index (κ3) is 5.64. The maximum Gasteiger partial charge on any atom is 0.119 e. The maximum absolute atomic E-state index is 5.85. The van der Waals surface area contributed by atoms with E-state index in [1.54, 1.807) is 0 Å². The van der Waals surface area contributed by atoms with Crippen LogP contribution in [0.15, 0.2) is 30.3 Å². The summed E-state index contributed by atoms with van der Waals surface area (Å²) in [5.74, 6) is 1.56. The lowest BCUT2D eigenvalue weighted by molar-refractivity contribution is 0.0497. The molecule has 1 aliphatic heterocycles. The van der Waals surface area contributed by atoms with Gasteiger partial charge in [0, 0.05) is 19.8 Å². The molecule has 0 saturated carbocycles. The molecule has 0 atom stereocenters. The Morgan fingerprint density at radius 1 is 1.32 bits per heavy atom. The van der Waals surface area contributed by atoms with Gasteiger partial charge in [0.05, 0.1) is 6.61 Å². The molecule has 0 radical (unpaired) electrons. The largest absolute Gasteiger partial charge is 0.493 e. The Morgan fingerprint density at radius 3 is 2.84 bits per heavy atom. The normalized spacial score (nSPS) is 16.3. The fraction of sp³-hybridized carbons (Fsp3) is 0.467. The van der Waals surface area contributed by atoms with Gasteiger partial charge in [-0.2, -0.15) is 0 Å². The number of hydrogen-bond donors (Lipinski definition) is 1. The third-order valence-electron chi connectivity index (χ3n) is 3.13. The van der Waals surface area contributed by atoms with Gasteiger partial charge in [-0.3, -0.25) is 0 Å². The highest BCUT2D eigenvalue weighted by atomic mass is 35.5. The molecular formula is C15H22ClNO2. The van der Waals surface area contributed by atoms with Crippen molar-refractivity contribution in [2.24, 2.45) is 11.7 Å². The quantitative estimate of drug-likeness (QED) is 0.904. The van der Waals surface area contributed by atoms with Crippen LogP contribution in [0.25, 0.3) is 6.08 Å². The second kappa shape index (κ2) is 8.97. The minimum absolute atomic E-state index is 0. The third-order valence-corrected chi connectivity index (χ3v) is 3.13. The molecule has 1 aliphatic rings. The minimum Gasteiger partial charge on any atom is -0.493 e. The van der Waals surface area contributed by atoms with Crippen molar-refractivity contribution in [1.82, 2.24) is 0 Å². The molecule has 1 fully saturated rings. The number of hydrogen-bond acceptors (Lipinski definition) is 3. The summed E-state index contributed by atoms with van der Waals surface area (Å²) in [7, 11) is 0. The highest BCUT2D eigenvalue weighted by Crippen LogP contribution is 2.19. The van der Waals surface area contributed by atoms with Gasteiger partial charge in [-0.1, -0.05) is 24.3 Å². The second-order valence-electron chi connectivity index (χ2n) is 4.58. The van der Waals surface area contributed by atoms with Crippen LogP contribution in [0.3, 0.4) is 0 Å². The molecular weight excluding hydrogens is 262 g/mol. The van der Waals surface area contributed by atoms with E-state index in [1.165, 1.54) is 0 Å². The molecule has 1 heterocycles. The fourth-order valence-electron chi connectivity index (χ4n) is 2.04. The molecule has 3 nitrogen and oxygen atoms in total. The van der Waals surface area contributed by atoms with E-state index in [2.05, 4.69) is 0 Å². The Balaban J connectivity index is 0.00000180. The van der Waals surface area contributed by atoms with Crippen LogP contribution in [0.4, 0.5) is 0 Å². The minimum atomic E-state index is 0. The maximum atomic E-state index is 5.85. The Bertz CT molecular complexity index is 389. The molecule has 1 aromatic rings. The number of benzene rings is 1. The van der Waals surface area contributed by atoms with E-state index in [-0.39, 0.29) is 12.4 Å². The van der Waals surface area contributed by atoms with Crippen LogP contribution < -0.4 is 10.5 Å². The van der Waals surface area contributed by atoms with Crippen LogP contribution in [0.1, 0.15) is 18.4 Å². The fourth-order valence-corrected chi connectivity index (χ4v) is 2.04. The lowest BCUT2D eigenvalue weighted by Gasteiger charge is -2.22. The molecule has 0 spiro atoms. The van der Waals surface area contributed by atoms with Gasteiger partial charge in [0.2, 0.25) is 0 Å². The molecule has 4 heteroatoms. The number of halogens is 1. The van der Waals surface area contributed by atoms with E-state index in [9.17, 15) is 0 Å². The summed E-state index contributed by atoms with van der Waals surface area (Å²) in [5, 5.41) is 0. The van der Waals surface area contributed by atoms with Gasteiger partial charge in [0.25, 0.3) is 0 Å². The highest BCUT2D eigenvalue weighted by molar-refractivity contribution is 5.85. The van der Waals surface area contributed by atoms with Crippen molar-refractivity contribution in [2.75, 3.05) is 26.4 Å². The van der Waals surface area contributed by atoms with Crippen molar-refractivity contribution < 1.29 is 9.47 Å². The molecule has 0 aliphatic carbocycles. The van der Waals surface area contributed by atoms with Gasteiger partial charge >= 0.3 is 0 Å². The summed E-state index contributed by atoms with van der Waals surface area (Å²) < 4.78 is 11.2. The summed E-state index contributed by atoms with van der Waals surface area (Å²) in [5.41, 5.74) is 6.57. The van der Waals surface area contributed by atoms with Gasteiger partial charge in [-0.05, 0) is 36.5 Å². The van der Waals surface area contributed by atoms with Crippen molar-refractivity contribution in [3.8, 4) is 5.75 Å². The smallest absolute Gasteiger partial charge is 0.119 e. The molecule has 2 rings (SSSR count). The summed E-state index contributed by atoms with van der Waals surface area (Å²) in [4.78, 5) is 0. The Labute approximate surface area is 121 Å². The summed E-state index contributed by atoms with van der Waals surface area (Å²) in [6, 6.07) is 8.10. The summed E-state index contributed by atoms with van der Waals surface area (Å²) in [6.07, 6.45) is 6.17. The zero-order chi connectivity index (χ0) is 12.6. The molecule has 1 saturated heterocycles. The van der Waals surface area contributed by atoms with Crippen LogP contribution in [-0.4, -0.2) is 26.4 Å².